The summed E-state index contributed by atoms with van der Waals surface area (Å²) < 4.78 is 46.1. The number of benzene rings is 1. The number of hydrogen-bond acceptors (Lipinski definition) is 5. The summed E-state index contributed by atoms with van der Waals surface area (Å²) in [4.78, 5) is 14.3. The highest BCUT2D eigenvalue weighted by atomic mass is 19.4. The first kappa shape index (κ1) is 20.8. The van der Waals surface area contributed by atoms with Gasteiger partial charge in [-0.1, -0.05) is 18.2 Å². The summed E-state index contributed by atoms with van der Waals surface area (Å²) >= 11 is 0. The molecule has 1 aromatic heterocycles. The quantitative estimate of drug-likeness (QED) is 0.797. The van der Waals surface area contributed by atoms with Crippen LogP contribution in [-0.2, 0) is 41.8 Å². The molecule has 1 atom stereocenters. The molecule has 10 heteroatoms. The topological polar surface area (TPSA) is 72.3 Å². The Balaban J connectivity index is 1.35. The molecule has 0 unspecified atom stereocenters. The molecule has 162 valence electrons. The van der Waals surface area contributed by atoms with Crippen molar-refractivity contribution in [1.82, 2.24) is 25.0 Å². The van der Waals surface area contributed by atoms with E-state index in [0.717, 1.165) is 18.3 Å². The van der Waals surface area contributed by atoms with Crippen LogP contribution in [0.2, 0.25) is 0 Å². The van der Waals surface area contributed by atoms with Gasteiger partial charge in [-0.25, -0.2) is 0 Å². The number of ether oxygens (including phenoxy) is 1. The molecule has 1 amide bonds. The maximum absolute atomic E-state index is 13.0. The number of nitrogens with one attached hydrogen (secondary N) is 1. The van der Waals surface area contributed by atoms with Crippen molar-refractivity contribution in [2.75, 3.05) is 26.3 Å². The molecule has 0 spiro atoms. The molecular formula is C20H24F3N5O2. The fourth-order valence-corrected chi connectivity index (χ4v) is 3.87. The lowest BCUT2D eigenvalue weighted by Gasteiger charge is -2.20. The van der Waals surface area contributed by atoms with Crippen molar-refractivity contribution < 1.29 is 22.7 Å². The van der Waals surface area contributed by atoms with Crippen LogP contribution in [0.25, 0.3) is 0 Å². The van der Waals surface area contributed by atoms with Crippen molar-refractivity contribution in [3.05, 3.63) is 47.0 Å². The zero-order valence-corrected chi connectivity index (χ0v) is 16.5. The minimum atomic E-state index is -4.34. The van der Waals surface area contributed by atoms with Gasteiger partial charge in [0.1, 0.15) is 5.82 Å². The van der Waals surface area contributed by atoms with Crippen molar-refractivity contribution in [1.29, 1.82) is 0 Å². The molecule has 1 aromatic carbocycles. The first-order chi connectivity index (χ1) is 14.4. The van der Waals surface area contributed by atoms with E-state index in [1.807, 2.05) is 4.57 Å². The normalized spacial score (nSPS) is 20.0. The maximum atomic E-state index is 13.0. The molecule has 30 heavy (non-hydrogen) atoms. The van der Waals surface area contributed by atoms with Crippen LogP contribution in [0.15, 0.2) is 24.3 Å². The molecule has 1 fully saturated rings. The van der Waals surface area contributed by atoms with E-state index in [-0.39, 0.29) is 11.8 Å². The van der Waals surface area contributed by atoms with Crippen molar-refractivity contribution in [3.63, 3.8) is 0 Å². The van der Waals surface area contributed by atoms with Gasteiger partial charge in [0.05, 0.1) is 24.6 Å². The van der Waals surface area contributed by atoms with Gasteiger partial charge in [-0.15, -0.1) is 10.2 Å². The molecule has 0 radical (unpaired) electrons. The number of alkyl halides is 3. The SMILES string of the molecule is O=C(NCc1nnc2n1CCN(Cc1cccc(C(F)(F)F)c1)CC2)[C@H]1CCOC1. The second-order valence-electron chi connectivity index (χ2n) is 7.69. The lowest BCUT2D eigenvalue weighted by molar-refractivity contribution is -0.137. The molecule has 0 saturated carbocycles. The van der Waals surface area contributed by atoms with E-state index >= 15 is 0 Å². The predicted octanol–water partition coefficient (Wildman–Crippen LogP) is 2.01. The summed E-state index contributed by atoms with van der Waals surface area (Å²) in [7, 11) is 0. The Morgan fingerprint density at radius 1 is 1.23 bits per heavy atom. The number of fused-ring (bicyclic) bond motifs is 1. The number of carbonyl (C=O) groups excluding carboxylic acids is 1. The monoisotopic (exact) mass is 423 g/mol. The lowest BCUT2D eigenvalue weighted by Crippen LogP contribution is -2.32. The van der Waals surface area contributed by atoms with Crippen LogP contribution in [0.4, 0.5) is 13.2 Å². The third kappa shape index (κ3) is 4.81. The summed E-state index contributed by atoms with van der Waals surface area (Å²) in [6, 6.07) is 5.46. The molecule has 7 nitrogen and oxygen atoms in total. The van der Waals surface area contributed by atoms with Crippen molar-refractivity contribution in [3.8, 4) is 0 Å². The number of amides is 1. The van der Waals surface area contributed by atoms with E-state index < -0.39 is 11.7 Å². The summed E-state index contributed by atoms with van der Waals surface area (Å²) in [5.41, 5.74) is 0.00593. The second-order valence-corrected chi connectivity index (χ2v) is 7.69. The second kappa shape index (κ2) is 8.73. The van der Waals surface area contributed by atoms with Gasteiger partial charge < -0.3 is 14.6 Å². The molecule has 2 aliphatic heterocycles. The number of nitrogens with zero attached hydrogens (tertiary/aromatic N) is 4. The molecule has 4 rings (SSSR count). The van der Waals surface area contributed by atoms with Crippen LogP contribution in [0.3, 0.4) is 0 Å². The highest BCUT2D eigenvalue weighted by Crippen LogP contribution is 2.29. The van der Waals surface area contributed by atoms with E-state index in [1.54, 1.807) is 6.07 Å². The summed E-state index contributed by atoms with van der Waals surface area (Å²) in [5.74, 6) is 1.37. The molecule has 0 bridgehead atoms. The minimum absolute atomic E-state index is 0.0374. The van der Waals surface area contributed by atoms with Crippen molar-refractivity contribution >= 4 is 5.91 Å². The molecule has 2 aromatic rings. The zero-order chi connectivity index (χ0) is 21.1. The third-order valence-corrected chi connectivity index (χ3v) is 5.58. The van der Waals surface area contributed by atoms with E-state index in [9.17, 15) is 18.0 Å². The fourth-order valence-electron chi connectivity index (χ4n) is 3.87. The van der Waals surface area contributed by atoms with Gasteiger partial charge in [-0.05, 0) is 18.1 Å². The Morgan fingerprint density at radius 3 is 2.87 bits per heavy atom. The number of rotatable bonds is 5. The number of hydrogen-bond donors (Lipinski definition) is 1. The van der Waals surface area contributed by atoms with Crippen molar-refractivity contribution in [2.45, 2.75) is 38.7 Å². The van der Waals surface area contributed by atoms with E-state index in [4.69, 9.17) is 4.74 Å². The fraction of sp³-hybridized carbons (Fsp3) is 0.550. The molecule has 0 aliphatic carbocycles. The van der Waals surface area contributed by atoms with Crippen LogP contribution in [0.1, 0.15) is 29.2 Å². The Hall–Kier alpha value is -2.46. The van der Waals surface area contributed by atoms with Crippen LogP contribution in [0, 0.1) is 5.92 Å². The maximum Gasteiger partial charge on any atom is 0.416 e. The van der Waals surface area contributed by atoms with E-state index in [0.29, 0.717) is 63.7 Å². The predicted molar refractivity (Wildman–Crippen MR) is 101 cm³/mol. The van der Waals surface area contributed by atoms with Crippen molar-refractivity contribution in [2.24, 2.45) is 5.92 Å². The number of aromatic nitrogens is 3. The Morgan fingerprint density at radius 2 is 2.10 bits per heavy atom. The largest absolute Gasteiger partial charge is 0.416 e. The van der Waals surface area contributed by atoms with Gasteiger partial charge in [-0.3, -0.25) is 9.69 Å². The van der Waals surface area contributed by atoms with Crippen LogP contribution in [0.5, 0.6) is 0 Å². The van der Waals surface area contributed by atoms with Gasteiger partial charge in [0.25, 0.3) is 0 Å². The summed E-state index contributed by atoms with van der Waals surface area (Å²) in [6.07, 6.45) is -2.96. The average molecular weight is 423 g/mol. The van der Waals surface area contributed by atoms with E-state index in [2.05, 4.69) is 20.4 Å². The first-order valence-electron chi connectivity index (χ1n) is 10.0. The van der Waals surface area contributed by atoms with Gasteiger partial charge in [0, 0.05) is 39.2 Å². The Bertz CT molecular complexity index is 893. The molecule has 3 heterocycles. The van der Waals surface area contributed by atoms with Crippen LogP contribution in [-0.4, -0.2) is 51.9 Å². The number of carbonyl (C=O) groups is 1. The van der Waals surface area contributed by atoms with Gasteiger partial charge >= 0.3 is 6.18 Å². The summed E-state index contributed by atoms with van der Waals surface area (Å²) in [5, 5.41) is 11.4. The third-order valence-electron chi connectivity index (χ3n) is 5.58. The standard InChI is InChI=1S/C20H24F3N5O2/c21-20(22,23)16-3-1-2-14(10-16)12-27-6-4-17-25-26-18(28(17)8-7-27)11-24-19(29)15-5-9-30-13-15/h1-3,10,15H,4-9,11-13H2,(H,24,29)/t15-/m0/s1. The van der Waals surface area contributed by atoms with Crippen LogP contribution < -0.4 is 5.32 Å². The van der Waals surface area contributed by atoms with E-state index in [1.165, 1.54) is 12.1 Å². The Labute approximate surface area is 172 Å². The lowest BCUT2D eigenvalue weighted by atomic mass is 10.1. The molecule has 2 aliphatic rings. The minimum Gasteiger partial charge on any atom is -0.381 e. The average Bonchev–Trinajstić information content (AvgIpc) is 3.34. The van der Waals surface area contributed by atoms with Gasteiger partial charge in [0.15, 0.2) is 5.82 Å². The molecule has 1 saturated heterocycles. The molecular weight excluding hydrogens is 399 g/mol. The summed E-state index contributed by atoms with van der Waals surface area (Å²) in [6.45, 7) is 3.78. The Kier molecular flexibility index (Phi) is 6.05. The van der Waals surface area contributed by atoms with Gasteiger partial charge in [0.2, 0.25) is 5.91 Å². The first-order valence-corrected chi connectivity index (χ1v) is 10.0. The number of halogens is 3. The highest BCUT2D eigenvalue weighted by Gasteiger charge is 2.30. The highest BCUT2D eigenvalue weighted by molar-refractivity contribution is 5.78. The zero-order valence-electron chi connectivity index (χ0n) is 16.5. The van der Waals surface area contributed by atoms with Crippen LogP contribution >= 0.6 is 0 Å². The van der Waals surface area contributed by atoms with Gasteiger partial charge in [-0.2, -0.15) is 13.2 Å². The smallest absolute Gasteiger partial charge is 0.381 e. The molecule has 1 N–H and O–H groups in total.